The Morgan fingerprint density at radius 2 is 1.88 bits per heavy atom. The SMILES string of the molecule is O=[N+]([O-])c1cc(N2CCC2)cc(C(F)(F)F)c1. The first-order valence-electron chi connectivity index (χ1n) is 4.99. The van der Waals surface area contributed by atoms with Gasteiger partial charge in [-0.05, 0) is 12.5 Å². The van der Waals surface area contributed by atoms with Crippen molar-refractivity contribution in [1.82, 2.24) is 0 Å². The van der Waals surface area contributed by atoms with Gasteiger partial charge in [0.05, 0.1) is 10.5 Å². The van der Waals surface area contributed by atoms with Gasteiger partial charge in [-0.15, -0.1) is 0 Å². The van der Waals surface area contributed by atoms with Crippen LogP contribution in [0.15, 0.2) is 18.2 Å². The van der Waals surface area contributed by atoms with Crippen LogP contribution in [-0.2, 0) is 6.18 Å². The first-order valence-corrected chi connectivity index (χ1v) is 4.99. The van der Waals surface area contributed by atoms with E-state index in [4.69, 9.17) is 0 Å². The summed E-state index contributed by atoms with van der Waals surface area (Å²) in [5, 5.41) is 10.6. The molecule has 0 N–H and O–H groups in total. The Bertz CT molecular complexity index is 455. The number of alkyl halides is 3. The van der Waals surface area contributed by atoms with Crippen molar-refractivity contribution >= 4 is 11.4 Å². The average Bonchev–Trinajstić information content (AvgIpc) is 2.13. The van der Waals surface area contributed by atoms with Crippen LogP contribution in [0.4, 0.5) is 24.5 Å². The number of anilines is 1. The number of benzene rings is 1. The minimum absolute atomic E-state index is 0.262. The van der Waals surface area contributed by atoms with Crippen LogP contribution in [-0.4, -0.2) is 18.0 Å². The van der Waals surface area contributed by atoms with E-state index in [0.717, 1.165) is 12.5 Å². The summed E-state index contributed by atoms with van der Waals surface area (Å²) in [6, 6.07) is 2.68. The highest BCUT2D eigenvalue weighted by Crippen LogP contribution is 2.36. The molecule has 1 aromatic carbocycles. The fourth-order valence-electron chi connectivity index (χ4n) is 1.62. The molecule has 1 aliphatic rings. The number of non-ortho nitro benzene ring substituents is 1. The molecule has 7 heteroatoms. The quantitative estimate of drug-likeness (QED) is 0.595. The van der Waals surface area contributed by atoms with Crippen molar-refractivity contribution in [2.75, 3.05) is 18.0 Å². The van der Waals surface area contributed by atoms with E-state index in [1.165, 1.54) is 6.07 Å². The number of nitro groups is 1. The monoisotopic (exact) mass is 246 g/mol. The molecule has 1 saturated heterocycles. The highest BCUT2D eigenvalue weighted by molar-refractivity contribution is 5.57. The number of hydrogen-bond acceptors (Lipinski definition) is 3. The van der Waals surface area contributed by atoms with Gasteiger partial charge in [-0.25, -0.2) is 0 Å². The van der Waals surface area contributed by atoms with E-state index in [1.807, 2.05) is 0 Å². The van der Waals surface area contributed by atoms with Crippen LogP contribution in [0.3, 0.4) is 0 Å². The molecule has 0 unspecified atom stereocenters. The smallest absolute Gasteiger partial charge is 0.371 e. The lowest BCUT2D eigenvalue weighted by Gasteiger charge is -2.33. The molecule has 0 atom stereocenters. The van der Waals surface area contributed by atoms with E-state index in [2.05, 4.69) is 0 Å². The molecule has 0 aliphatic carbocycles. The van der Waals surface area contributed by atoms with Gasteiger partial charge in [0.1, 0.15) is 0 Å². The lowest BCUT2D eigenvalue weighted by atomic mass is 10.1. The third-order valence-corrected chi connectivity index (χ3v) is 2.66. The second-order valence-electron chi connectivity index (χ2n) is 3.83. The molecule has 92 valence electrons. The normalized spacial score (nSPS) is 15.6. The number of rotatable bonds is 2. The Morgan fingerprint density at radius 3 is 2.29 bits per heavy atom. The number of nitrogens with zero attached hydrogens (tertiary/aromatic N) is 2. The van der Waals surface area contributed by atoms with Crippen LogP contribution in [0.5, 0.6) is 0 Å². The van der Waals surface area contributed by atoms with Crippen LogP contribution in [0.1, 0.15) is 12.0 Å². The van der Waals surface area contributed by atoms with Crippen LogP contribution >= 0.6 is 0 Å². The van der Waals surface area contributed by atoms with E-state index in [9.17, 15) is 23.3 Å². The molecule has 1 aliphatic heterocycles. The van der Waals surface area contributed by atoms with E-state index in [0.29, 0.717) is 19.2 Å². The molecule has 0 aromatic heterocycles. The summed E-state index contributed by atoms with van der Waals surface area (Å²) in [5.41, 5.74) is -1.24. The summed E-state index contributed by atoms with van der Waals surface area (Å²) < 4.78 is 37.7. The summed E-state index contributed by atoms with van der Waals surface area (Å²) in [5.74, 6) is 0. The van der Waals surface area contributed by atoms with E-state index in [-0.39, 0.29) is 5.69 Å². The molecular weight excluding hydrogens is 237 g/mol. The fraction of sp³-hybridized carbons (Fsp3) is 0.400. The van der Waals surface area contributed by atoms with E-state index >= 15 is 0 Å². The molecule has 17 heavy (non-hydrogen) atoms. The van der Waals surface area contributed by atoms with Gasteiger partial charge in [-0.2, -0.15) is 13.2 Å². The lowest BCUT2D eigenvalue weighted by molar-refractivity contribution is -0.385. The van der Waals surface area contributed by atoms with Gasteiger partial charge in [0.25, 0.3) is 5.69 Å². The molecule has 0 amide bonds. The zero-order valence-corrected chi connectivity index (χ0v) is 8.70. The zero-order chi connectivity index (χ0) is 12.6. The van der Waals surface area contributed by atoms with Gasteiger partial charge in [0.15, 0.2) is 0 Å². The second-order valence-corrected chi connectivity index (χ2v) is 3.83. The standard InChI is InChI=1S/C10H9F3N2O2/c11-10(12,13)7-4-8(14-2-1-3-14)6-9(5-7)15(16)17/h4-6H,1-3H2. The van der Waals surface area contributed by atoms with Crippen molar-refractivity contribution in [3.05, 3.63) is 33.9 Å². The van der Waals surface area contributed by atoms with E-state index in [1.54, 1.807) is 4.90 Å². The third-order valence-electron chi connectivity index (χ3n) is 2.66. The van der Waals surface area contributed by atoms with Gasteiger partial charge in [0, 0.05) is 30.9 Å². The molecular formula is C10H9F3N2O2. The largest absolute Gasteiger partial charge is 0.416 e. The summed E-state index contributed by atoms with van der Waals surface area (Å²) in [6.45, 7) is 1.27. The number of halogens is 3. The van der Waals surface area contributed by atoms with Crippen molar-refractivity contribution in [2.24, 2.45) is 0 Å². The van der Waals surface area contributed by atoms with Crippen LogP contribution in [0.25, 0.3) is 0 Å². The summed E-state index contributed by atoms with van der Waals surface area (Å²) in [4.78, 5) is 11.5. The van der Waals surface area contributed by atoms with Crippen molar-refractivity contribution < 1.29 is 18.1 Å². The molecule has 0 bridgehead atoms. The molecule has 1 aromatic rings. The van der Waals surface area contributed by atoms with Crippen LogP contribution < -0.4 is 4.90 Å². The van der Waals surface area contributed by atoms with Gasteiger partial charge < -0.3 is 4.90 Å². The summed E-state index contributed by atoms with van der Waals surface area (Å²) in [6.07, 6.45) is -3.67. The lowest BCUT2D eigenvalue weighted by Crippen LogP contribution is -2.37. The minimum atomic E-state index is -4.56. The first-order chi connectivity index (χ1) is 7.88. The van der Waals surface area contributed by atoms with Gasteiger partial charge >= 0.3 is 6.18 Å². The minimum Gasteiger partial charge on any atom is -0.371 e. The first kappa shape index (κ1) is 11.7. The fourth-order valence-corrected chi connectivity index (χ4v) is 1.62. The summed E-state index contributed by atoms with van der Waals surface area (Å²) in [7, 11) is 0. The van der Waals surface area contributed by atoms with Crippen molar-refractivity contribution in [3.8, 4) is 0 Å². The summed E-state index contributed by atoms with van der Waals surface area (Å²) >= 11 is 0. The van der Waals surface area contributed by atoms with Crippen molar-refractivity contribution in [1.29, 1.82) is 0 Å². The number of hydrogen-bond donors (Lipinski definition) is 0. The molecule has 1 heterocycles. The average molecular weight is 246 g/mol. The Labute approximate surface area is 94.8 Å². The predicted octanol–water partition coefficient (Wildman–Crippen LogP) is 2.82. The third kappa shape index (κ3) is 2.32. The Kier molecular flexibility index (Phi) is 2.68. The topological polar surface area (TPSA) is 46.4 Å². The molecule has 0 saturated carbocycles. The maximum atomic E-state index is 12.6. The zero-order valence-electron chi connectivity index (χ0n) is 8.70. The maximum Gasteiger partial charge on any atom is 0.416 e. The van der Waals surface area contributed by atoms with Crippen LogP contribution in [0.2, 0.25) is 0 Å². The Balaban J connectivity index is 2.45. The van der Waals surface area contributed by atoms with Crippen molar-refractivity contribution in [3.63, 3.8) is 0 Å². The maximum absolute atomic E-state index is 12.6. The molecule has 4 nitrogen and oxygen atoms in total. The second kappa shape index (κ2) is 3.90. The molecule has 0 spiro atoms. The molecule has 2 rings (SSSR count). The van der Waals surface area contributed by atoms with Gasteiger partial charge in [0.2, 0.25) is 0 Å². The molecule has 1 fully saturated rings. The Morgan fingerprint density at radius 1 is 1.24 bits per heavy atom. The molecule has 0 radical (unpaired) electrons. The van der Waals surface area contributed by atoms with E-state index < -0.39 is 22.4 Å². The van der Waals surface area contributed by atoms with Crippen molar-refractivity contribution in [2.45, 2.75) is 12.6 Å². The highest BCUT2D eigenvalue weighted by atomic mass is 19.4. The van der Waals surface area contributed by atoms with Gasteiger partial charge in [-0.1, -0.05) is 0 Å². The van der Waals surface area contributed by atoms with Gasteiger partial charge in [-0.3, -0.25) is 10.1 Å². The predicted molar refractivity (Wildman–Crippen MR) is 54.9 cm³/mol. The number of nitro benzene ring substituents is 1. The highest BCUT2D eigenvalue weighted by Gasteiger charge is 2.33. The Hall–Kier alpha value is -1.79. The van der Waals surface area contributed by atoms with Crippen LogP contribution in [0, 0.1) is 10.1 Å².